The van der Waals surface area contributed by atoms with Crippen LogP contribution in [-0.4, -0.2) is 16.5 Å². The van der Waals surface area contributed by atoms with E-state index in [1.807, 2.05) is 42.6 Å². The third-order valence-corrected chi connectivity index (χ3v) is 6.99. The summed E-state index contributed by atoms with van der Waals surface area (Å²) in [6, 6.07) is 15.8. The molecule has 4 nitrogen and oxygen atoms in total. The maximum atomic E-state index is 12.9. The molecule has 1 heterocycles. The molecule has 1 saturated carbocycles. The minimum atomic E-state index is -0.299. The van der Waals surface area contributed by atoms with Gasteiger partial charge in [-0.1, -0.05) is 67.2 Å². The maximum Gasteiger partial charge on any atom is 0.262 e. The average Bonchev–Trinajstić information content (AvgIpc) is 3.13. The minimum absolute atomic E-state index is 0.125. The van der Waals surface area contributed by atoms with E-state index in [1.54, 1.807) is 12.1 Å². The number of rotatable bonds is 5. The van der Waals surface area contributed by atoms with Crippen molar-refractivity contribution in [1.82, 2.24) is 9.88 Å². The fraction of sp³-hybridized carbons (Fsp3) is 0.308. The molecular formula is C26H25Cl2N3O. The van der Waals surface area contributed by atoms with Crippen LogP contribution < -0.4 is 5.32 Å². The van der Waals surface area contributed by atoms with Crippen LogP contribution in [0.15, 0.2) is 54.2 Å². The van der Waals surface area contributed by atoms with Gasteiger partial charge in [0.05, 0.1) is 10.0 Å². The van der Waals surface area contributed by atoms with E-state index in [1.165, 1.54) is 6.42 Å². The summed E-state index contributed by atoms with van der Waals surface area (Å²) in [7, 11) is 0. The van der Waals surface area contributed by atoms with Crippen LogP contribution >= 0.6 is 23.2 Å². The van der Waals surface area contributed by atoms with Crippen molar-refractivity contribution in [2.24, 2.45) is 5.92 Å². The number of aromatic nitrogens is 1. The third-order valence-electron chi connectivity index (χ3n) is 6.25. The van der Waals surface area contributed by atoms with Gasteiger partial charge in [-0.2, -0.15) is 5.26 Å². The van der Waals surface area contributed by atoms with Crippen molar-refractivity contribution in [2.75, 3.05) is 0 Å². The fourth-order valence-corrected chi connectivity index (χ4v) is 4.76. The predicted molar refractivity (Wildman–Crippen MR) is 131 cm³/mol. The van der Waals surface area contributed by atoms with Gasteiger partial charge in [-0.15, -0.1) is 0 Å². The van der Waals surface area contributed by atoms with Crippen molar-refractivity contribution in [1.29, 1.82) is 5.26 Å². The lowest BCUT2D eigenvalue weighted by Crippen LogP contribution is -2.41. The largest absolute Gasteiger partial charge is 0.348 e. The molecule has 1 aliphatic carbocycles. The SMILES string of the molecule is C[C@@H]1CCCC[C@H]1NC(=O)/C(C#N)=C/c1cn(Cc2ccc(Cl)c(Cl)c2)c2ccccc12. The van der Waals surface area contributed by atoms with Gasteiger partial charge in [0.25, 0.3) is 5.91 Å². The molecule has 1 amide bonds. The molecule has 0 spiro atoms. The van der Waals surface area contributed by atoms with E-state index in [4.69, 9.17) is 23.2 Å². The molecule has 3 aromatic rings. The van der Waals surface area contributed by atoms with Gasteiger partial charge in [-0.3, -0.25) is 4.79 Å². The Morgan fingerprint density at radius 1 is 1.19 bits per heavy atom. The Morgan fingerprint density at radius 3 is 2.72 bits per heavy atom. The smallest absolute Gasteiger partial charge is 0.262 e. The lowest BCUT2D eigenvalue weighted by atomic mass is 9.86. The highest BCUT2D eigenvalue weighted by atomic mass is 35.5. The lowest BCUT2D eigenvalue weighted by molar-refractivity contribution is -0.118. The Labute approximate surface area is 198 Å². The van der Waals surface area contributed by atoms with Crippen molar-refractivity contribution in [2.45, 2.75) is 45.2 Å². The van der Waals surface area contributed by atoms with Crippen LogP contribution in [0.2, 0.25) is 10.0 Å². The zero-order chi connectivity index (χ0) is 22.7. The zero-order valence-electron chi connectivity index (χ0n) is 17.9. The van der Waals surface area contributed by atoms with E-state index >= 15 is 0 Å². The van der Waals surface area contributed by atoms with E-state index in [0.717, 1.165) is 41.3 Å². The zero-order valence-corrected chi connectivity index (χ0v) is 19.5. The van der Waals surface area contributed by atoms with Crippen LogP contribution in [0.3, 0.4) is 0 Å². The van der Waals surface area contributed by atoms with Gasteiger partial charge in [-0.05, 0) is 48.6 Å². The van der Waals surface area contributed by atoms with Gasteiger partial charge in [0.1, 0.15) is 11.6 Å². The molecule has 0 saturated heterocycles. The van der Waals surface area contributed by atoms with Crippen molar-refractivity contribution >= 4 is 46.1 Å². The number of para-hydroxylation sites is 1. The molecule has 1 aliphatic rings. The summed E-state index contributed by atoms with van der Waals surface area (Å²) in [5, 5.41) is 14.8. The van der Waals surface area contributed by atoms with Gasteiger partial charge in [0.15, 0.2) is 0 Å². The topological polar surface area (TPSA) is 57.8 Å². The minimum Gasteiger partial charge on any atom is -0.348 e. The number of nitrogens with zero attached hydrogens (tertiary/aromatic N) is 2. The highest BCUT2D eigenvalue weighted by Crippen LogP contribution is 2.28. The summed E-state index contributed by atoms with van der Waals surface area (Å²) in [6.45, 7) is 2.76. The summed E-state index contributed by atoms with van der Waals surface area (Å²) in [4.78, 5) is 12.9. The van der Waals surface area contributed by atoms with Crippen LogP contribution in [-0.2, 0) is 11.3 Å². The second-order valence-corrected chi connectivity index (χ2v) is 9.30. The Bertz CT molecular complexity index is 1220. The molecule has 1 aromatic heterocycles. The van der Waals surface area contributed by atoms with Crippen molar-refractivity contribution in [3.05, 3.63) is 75.4 Å². The quantitative estimate of drug-likeness (QED) is 0.340. The second-order valence-electron chi connectivity index (χ2n) is 8.49. The molecule has 0 aliphatic heterocycles. The van der Waals surface area contributed by atoms with Gasteiger partial charge in [0.2, 0.25) is 0 Å². The number of fused-ring (bicyclic) bond motifs is 1. The standard InChI is InChI=1S/C26H25Cl2N3O/c1-17-6-2-4-8-24(17)30-26(32)19(14-29)13-20-16-31(25-9-5-3-7-21(20)25)15-18-10-11-22(27)23(28)12-18/h3,5,7,9-13,16-17,24H,2,4,6,8,15H2,1H3,(H,30,32)/b19-13+/t17-,24-/m1/s1. The number of benzene rings is 2. The Balaban J connectivity index is 1.64. The molecule has 164 valence electrons. The first-order chi connectivity index (χ1) is 15.5. The molecule has 2 aromatic carbocycles. The summed E-state index contributed by atoms with van der Waals surface area (Å²) in [6.07, 6.45) is 8.06. The first-order valence-electron chi connectivity index (χ1n) is 10.9. The van der Waals surface area contributed by atoms with E-state index in [2.05, 4.69) is 22.9 Å². The highest BCUT2D eigenvalue weighted by Gasteiger charge is 2.24. The average molecular weight is 466 g/mol. The Hall–Kier alpha value is -2.74. The summed E-state index contributed by atoms with van der Waals surface area (Å²) >= 11 is 12.2. The van der Waals surface area contributed by atoms with Gasteiger partial charge in [0, 0.05) is 35.2 Å². The van der Waals surface area contributed by atoms with Crippen LogP contribution in [0, 0.1) is 17.2 Å². The van der Waals surface area contributed by atoms with E-state index in [9.17, 15) is 10.1 Å². The monoisotopic (exact) mass is 465 g/mol. The van der Waals surface area contributed by atoms with Crippen LogP contribution in [0.5, 0.6) is 0 Å². The van der Waals surface area contributed by atoms with E-state index in [-0.39, 0.29) is 17.5 Å². The normalized spacial score (nSPS) is 19.0. The third kappa shape index (κ3) is 4.85. The second kappa shape index (κ2) is 9.81. The molecule has 0 unspecified atom stereocenters. The first-order valence-corrected chi connectivity index (χ1v) is 11.7. The Kier molecular flexibility index (Phi) is 6.89. The van der Waals surface area contributed by atoms with Gasteiger partial charge >= 0.3 is 0 Å². The van der Waals surface area contributed by atoms with Crippen LogP contribution in [0.1, 0.15) is 43.7 Å². The predicted octanol–water partition coefficient (Wildman–Crippen LogP) is 6.60. The number of carbonyl (C=O) groups is 1. The number of hydrogen-bond acceptors (Lipinski definition) is 2. The van der Waals surface area contributed by atoms with E-state index in [0.29, 0.717) is 22.5 Å². The number of nitriles is 1. The lowest BCUT2D eigenvalue weighted by Gasteiger charge is -2.29. The van der Waals surface area contributed by atoms with Crippen LogP contribution in [0.25, 0.3) is 17.0 Å². The molecule has 0 bridgehead atoms. The summed E-state index contributed by atoms with van der Waals surface area (Å²) < 4.78 is 2.09. The number of amides is 1. The molecule has 2 atom stereocenters. The van der Waals surface area contributed by atoms with Crippen LogP contribution in [0.4, 0.5) is 0 Å². The Morgan fingerprint density at radius 2 is 1.97 bits per heavy atom. The van der Waals surface area contributed by atoms with Gasteiger partial charge in [-0.25, -0.2) is 0 Å². The molecule has 32 heavy (non-hydrogen) atoms. The van der Waals surface area contributed by atoms with Crippen molar-refractivity contribution in [3.63, 3.8) is 0 Å². The number of hydrogen-bond donors (Lipinski definition) is 1. The van der Waals surface area contributed by atoms with Crippen molar-refractivity contribution < 1.29 is 4.79 Å². The maximum absolute atomic E-state index is 12.9. The van der Waals surface area contributed by atoms with Crippen molar-refractivity contribution in [3.8, 4) is 6.07 Å². The molecule has 4 rings (SSSR count). The molecule has 1 N–H and O–H groups in total. The number of carbonyl (C=O) groups excluding carboxylic acids is 1. The summed E-state index contributed by atoms with van der Waals surface area (Å²) in [5.41, 5.74) is 2.99. The highest BCUT2D eigenvalue weighted by molar-refractivity contribution is 6.42. The summed E-state index contributed by atoms with van der Waals surface area (Å²) in [5.74, 6) is 0.133. The van der Waals surface area contributed by atoms with E-state index < -0.39 is 0 Å². The fourth-order valence-electron chi connectivity index (χ4n) is 4.44. The molecule has 6 heteroatoms. The molecular weight excluding hydrogens is 441 g/mol. The first kappa shape index (κ1) is 22.5. The number of nitrogens with one attached hydrogen (secondary N) is 1. The van der Waals surface area contributed by atoms with Gasteiger partial charge < -0.3 is 9.88 Å². The molecule has 1 fully saturated rings. The number of halogens is 2. The molecule has 0 radical (unpaired) electrons.